The summed E-state index contributed by atoms with van der Waals surface area (Å²) in [7, 11) is 1.36. The molecule has 1 aliphatic rings. The van der Waals surface area contributed by atoms with Crippen LogP contribution >= 0.6 is 11.3 Å². The van der Waals surface area contributed by atoms with Crippen LogP contribution in [-0.2, 0) is 9.59 Å². The topological polar surface area (TPSA) is 102 Å². The number of aliphatic hydroxyl groups excluding tert-OH is 1. The molecule has 182 valence electrons. The quantitative estimate of drug-likeness (QED) is 0.227. The standard InChI is InChI=1S/C26H20FN3O5S/c1-3-35-16-7-8-18-20(12-16)36-26(29-18)30-22(14-5-4-10-28-13-14)21(24(32)25(30)33)23(31)17-11-15(27)6-9-19(17)34-2/h4-13,22,31H,3H2,1-2H3/b23-21+. The molecule has 0 bridgehead atoms. The minimum absolute atomic E-state index is 0.0463. The first-order chi connectivity index (χ1) is 17.4. The van der Waals surface area contributed by atoms with Gasteiger partial charge in [0, 0.05) is 12.4 Å². The minimum Gasteiger partial charge on any atom is -0.507 e. The number of benzene rings is 2. The van der Waals surface area contributed by atoms with Gasteiger partial charge in [0.1, 0.15) is 23.1 Å². The molecule has 36 heavy (non-hydrogen) atoms. The monoisotopic (exact) mass is 505 g/mol. The van der Waals surface area contributed by atoms with E-state index in [1.165, 1.54) is 41.7 Å². The summed E-state index contributed by atoms with van der Waals surface area (Å²) < 4.78 is 25.7. The van der Waals surface area contributed by atoms with Gasteiger partial charge in [0.05, 0.1) is 41.1 Å². The molecule has 5 rings (SSSR count). The highest BCUT2D eigenvalue weighted by Gasteiger charge is 2.48. The van der Waals surface area contributed by atoms with Crippen LogP contribution in [0.1, 0.15) is 24.1 Å². The van der Waals surface area contributed by atoms with Crippen LogP contribution in [0, 0.1) is 5.82 Å². The van der Waals surface area contributed by atoms with Gasteiger partial charge in [-0.1, -0.05) is 17.4 Å². The number of rotatable bonds is 6. The number of anilines is 1. The second-order valence-corrected chi connectivity index (χ2v) is 8.87. The van der Waals surface area contributed by atoms with Crippen molar-refractivity contribution in [2.45, 2.75) is 13.0 Å². The summed E-state index contributed by atoms with van der Waals surface area (Å²) >= 11 is 1.21. The second kappa shape index (κ2) is 9.38. The maximum absolute atomic E-state index is 14.1. The lowest BCUT2D eigenvalue weighted by molar-refractivity contribution is -0.132. The number of hydrogen-bond acceptors (Lipinski definition) is 8. The smallest absolute Gasteiger partial charge is 0.301 e. The second-order valence-electron chi connectivity index (χ2n) is 7.86. The molecule has 1 saturated heterocycles. The van der Waals surface area contributed by atoms with Crippen LogP contribution in [0.3, 0.4) is 0 Å². The van der Waals surface area contributed by atoms with E-state index in [2.05, 4.69) is 9.97 Å². The molecule has 1 unspecified atom stereocenters. The number of aromatic nitrogens is 2. The summed E-state index contributed by atoms with van der Waals surface area (Å²) in [5.41, 5.74) is 0.834. The Balaban J connectivity index is 1.71. The van der Waals surface area contributed by atoms with E-state index in [0.29, 0.717) is 23.4 Å². The first kappa shape index (κ1) is 23.4. The van der Waals surface area contributed by atoms with Gasteiger partial charge in [0.25, 0.3) is 5.78 Å². The fraction of sp³-hybridized carbons (Fsp3) is 0.154. The van der Waals surface area contributed by atoms with Crippen LogP contribution in [0.15, 0.2) is 66.5 Å². The maximum Gasteiger partial charge on any atom is 0.301 e. The van der Waals surface area contributed by atoms with Gasteiger partial charge in [0.15, 0.2) is 5.13 Å². The van der Waals surface area contributed by atoms with Crippen molar-refractivity contribution in [3.05, 3.63) is 83.4 Å². The molecule has 2 aromatic carbocycles. The number of halogens is 1. The zero-order chi connectivity index (χ0) is 25.4. The molecule has 4 aromatic rings. The summed E-state index contributed by atoms with van der Waals surface area (Å²) in [6.45, 7) is 2.37. The Morgan fingerprint density at radius 3 is 2.75 bits per heavy atom. The number of ketones is 1. The predicted molar refractivity (Wildman–Crippen MR) is 133 cm³/mol. The summed E-state index contributed by atoms with van der Waals surface area (Å²) in [5, 5.41) is 11.5. The Bertz CT molecular complexity index is 1520. The summed E-state index contributed by atoms with van der Waals surface area (Å²) in [4.78, 5) is 36.6. The van der Waals surface area contributed by atoms with Crippen molar-refractivity contribution >= 4 is 44.1 Å². The molecule has 1 N–H and O–H groups in total. The first-order valence-electron chi connectivity index (χ1n) is 11.0. The molecule has 0 radical (unpaired) electrons. The lowest BCUT2D eigenvalue weighted by Gasteiger charge is -2.22. The van der Waals surface area contributed by atoms with Gasteiger partial charge in [-0.15, -0.1) is 0 Å². The number of thiazole rings is 1. The molecule has 3 heterocycles. The Hall–Kier alpha value is -4.31. The fourth-order valence-corrected chi connectivity index (χ4v) is 5.17. The van der Waals surface area contributed by atoms with Crippen LogP contribution in [0.25, 0.3) is 16.0 Å². The van der Waals surface area contributed by atoms with E-state index >= 15 is 0 Å². The lowest BCUT2D eigenvalue weighted by atomic mass is 9.96. The number of aliphatic hydroxyl groups is 1. The van der Waals surface area contributed by atoms with Gasteiger partial charge < -0.3 is 14.6 Å². The minimum atomic E-state index is -1.04. The maximum atomic E-state index is 14.1. The Morgan fingerprint density at radius 2 is 2.03 bits per heavy atom. The van der Waals surface area contributed by atoms with E-state index in [-0.39, 0.29) is 22.0 Å². The third-order valence-electron chi connectivity index (χ3n) is 5.73. The molecule has 8 nitrogen and oxygen atoms in total. The number of fused-ring (bicyclic) bond motifs is 1. The Morgan fingerprint density at radius 1 is 1.19 bits per heavy atom. The molecule has 0 aliphatic carbocycles. The molecular weight excluding hydrogens is 485 g/mol. The Labute approximate surface area is 209 Å². The van der Waals surface area contributed by atoms with Crippen LogP contribution in [0.2, 0.25) is 0 Å². The molecule has 1 atom stereocenters. The van der Waals surface area contributed by atoms with Gasteiger partial charge in [-0.25, -0.2) is 9.37 Å². The number of amides is 1. The van der Waals surface area contributed by atoms with Gasteiger partial charge in [0.2, 0.25) is 0 Å². The first-order valence-corrected chi connectivity index (χ1v) is 11.8. The van der Waals surface area contributed by atoms with Crippen molar-refractivity contribution in [3.63, 3.8) is 0 Å². The molecular formula is C26H20FN3O5S. The van der Waals surface area contributed by atoms with Crippen LogP contribution in [-0.4, -0.2) is 40.5 Å². The largest absolute Gasteiger partial charge is 0.507 e. The number of hydrogen-bond donors (Lipinski definition) is 1. The highest BCUT2D eigenvalue weighted by atomic mass is 32.1. The number of nitrogens with zero attached hydrogens (tertiary/aromatic N) is 3. The van der Waals surface area contributed by atoms with Gasteiger partial charge >= 0.3 is 5.91 Å². The van der Waals surface area contributed by atoms with Crippen molar-refractivity contribution < 1.29 is 28.6 Å². The van der Waals surface area contributed by atoms with Crippen LogP contribution in [0.5, 0.6) is 11.5 Å². The van der Waals surface area contributed by atoms with Gasteiger partial charge in [-0.2, -0.15) is 0 Å². The van der Waals surface area contributed by atoms with E-state index in [0.717, 1.165) is 10.8 Å². The van der Waals surface area contributed by atoms with Crippen LogP contribution < -0.4 is 14.4 Å². The number of ether oxygens (including phenoxy) is 2. The van der Waals surface area contributed by atoms with E-state index in [9.17, 15) is 19.1 Å². The average Bonchev–Trinajstić information content (AvgIpc) is 3.42. The number of pyridine rings is 1. The van der Waals surface area contributed by atoms with Crippen LogP contribution in [0.4, 0.5) is 9.52 Å². The van der Waals surface area contributed by atoms with E-state index in [4.69, 9.17) is 9.47 Å². The summed E-state index contributed by atoms with van der Waals surface area (Å²) in [6, 6.07) is 11.2. The zero-order valence-electron chi connectivity index (χ0n) is 19.3. The summed E-state index contributed by atoms with van der Waals surface area (Å²) in [5.74, 6) is -2.19. The number of methoxy groups -OCH3 is 1. The molecule has 2 aromatic heterocycles. The van der Waals surface area contributed by atoms with Crippen molar-refractivity contribution in [3.8, 4) is 11.5 Å². The molecule has 10 heteroatoms. The summed E-state index contributed by atoms with van der Waals surface area (Å²) in [6.07, 6.45) is 3.05. The highest BCUT2D eigenvalue weighted by Crippen LogP contribution is 2.45. The van der Waals surface area contributed by atoms with Crippen molar-refractivity contribution in [1.29, 1.82) is 0 Å². The van der Waals surface area contributed by atoms with Gasteiger partial charge in [-0.05, 0) is 55.0 Å². The number of carbonyl (C=O) groups excluding carboxylic acids is 2. The van der Waals surface area contributed by atoms with Crippen molar-refractivity contribution in [1.82, 2.24) is 9.97 Å². The van der Waals surface area contributed by atoms with Gasteiger partial charge in [-0.3, -0.25) is 19.5 Å². The molecule has 0 saturated carbocycles. The molecule has 1 aliphatic heterocycles. The lowest BCUT2D eigenvalue weighted by Crippen LogP contribution is -2.29. The number of Topliss-reactive ketones (excluding diaryl/α,β-unsaturated/α-hetero) is 1. The fourth-order valence-electron chi connectivity index (χ4n) is 4.15. The third kappa shape index (κ3) is 3.95. The van der Waals surface area contributed by atoms with Crippen molar-refractivity contribution in [2.24, 2.45) is 0 Å². The number of carbonyl (C=O) groups is 2. The van der Waals surface area contributed by atoms with E-state index in [1.54, 1.807) is 30.5 Å². The third-order valence-corrected chi connectivity index (χ3v) is 6.74. The molecule has 1 fully saturated rings. The highest BCUT2D eigenvalue weighted by molar-refractivity contribution is 7.22. The predicted octanol–water partition coefficient (Wildman–Crippen LogP) is 4.86. The van der Waals surface area contributed by atoms with E-state index < -0.39 is 29.3 Å². The average molecular weight is 506 g/mol. The zero-order valence-corrected chi connectivity index (χ0v) is 20.1. The normalized spacial score (nSPS) is 17.1. The Kier molecular flexibility index (Phi) is 6.11. The van der Waals surface area contributed by atoms with Crippen molar-refractivity contribution in [2.75, 3.05) is 18.6 Å². The molecule has 1 amide bonds. The van der Waals surface area contributed by atoms with E-state index in [1.807, 2.05) is 13.0 Å². The SMILES string of the molecule is CCOc1ccc2nc(N3C(=O)C(=O)/C(=C(/O)c4cc(F)ccc4OC)C3c3cccnc3)sc2c1. The molecule has 0 spiro atoms.